The molecule has 0 bridgehead atoms. The van der Waals surface area contributed by atoms with Gasteiger partial charge in [-0.2, -0.15) is 4.39 Å². The van der Waals surface area contributed by atoms with Crippen LogP contribution < -0.4 is 4.74 Å². The fraction of sp³-hybridized carbons (Fsp3) is 0.368. The Morgan fingerprint density at radius 3 is 2.46 bits per heavy atom. The molecule has 2 heterocycles. The highest BCUT2D eigenvalue weighted by molar-refractivity contribution is 5.94. The normalized spacial score (nSPS) is 25.5. The number of pyridine rings is 1. The van der Waals surface area contributed by atoms with Gasteiger partial charge in [-0.25, -0.2) is 4.98 Å². The molecule has 124 valence electrons. The summed E-state index contributed by atoms with van der Waals surface area (Å²) in [5.74, 6) is 0.626. The van der Waals surface area contributed by atoms with Crippen molar-refractivity contribution in [1.82, 2.24) is 9.88 Å². The number of hydrogen-bond acceptors (Lipinski definition) is 3. The van der Waals surface area contributed by atoms with Gasteiger partial charge in [0, 0.05) is 24.8 Å². The van der Waals surface area contributed by atoms with Crippen molar-refractivity contribution in [2.24, 2.45) is 11.8 Å². The maximum Gasteiger partial charge on any atom is 0.255 e. The average Bonchev–Trinajstić information content (AvgIpc) is 3.15. The van der Waals surface area contributed by atoms with Crippen molar-refractivity contribution < 1.29 is 13.9 Å². The number of amides is 1. The molecule has 2 aliphatic rings. The van der Waals surface area contributed by atoms with Gasteiger partial charge in [0.05, 0.1) is 6.10 Å². The second-order valence-corrected chi connectivity index (χ2v) is 6.60. The van der Waals surface area contributed by atoms with Gasteiger partial charge >= 0.3 is 0 Å². The van der Waals surface area contributed by atoms with Crippen LogP contribution in [0.5, 0.6) is 5.75 Å². The third kappa shape index (κ3) is 2.86. The highest BCUT2D eigenvalue weighted by Gasteiger charge is 2.43. The zero-order chi connectivity index (χ0) is 16.5. The fourth-order valence-corrected chi connectivity index (χ4v) is 3.91. The summed E-state index contributed by atoms with van der Waals surface area (Å²) in [6.07, 6.45) is 3.14. The van der Waals surface area contributed by atoms with Crippen LogP contribution in [0.1, 0.15) is 23.2 Å². The van der Waals surface area contributed by atoms with E-state index in [1.54, 1.807) is 12.1 Å². The van der Waals surface area contributed by atoms with Gasteiger partial charge < -0.3 is 9.64 Å². The second kappa shape index (κ2) is 6.23. The molecule has 1 saturated heterocycles. The monoisotopic (exact) mass is 326 g/mol. The summed E-state index contributed by atoms with van der Waals surface area (Å²) in [5, 5.41) is 0. The smallest absolute Gasteiger partial charge is 0.255 e. The van der Waals surface area contributed by atoms with Gasteiger partial charge in [0.15, 0.2) is 5.75 Å². The molecule has 4 nitrogen and oxygen atoms in total. The zero-order valence-electron chi connectivity index (χ0n) is 13.3. The van der Waals surface area contributed by atoms with Gasteiger partial charge in [0.2, 0.25) is 0 Å². The molecule has 0 spiro atoms. The van der Waals surface area contributed by atoms with E-state index < -0.39 is 5.95 Å². The number of ether oxygens (including phenoxy) is 1. The highest BCUT2D eigenvalue weighted by Crippen LogP contribution is 2.40. The molecule has 0 radical (unpaired) electrons. The number of likely N-dealkylation sites (tertiary alicyclic amines) is 1. The molecular weight excluding hydrogens is 307 g/mol. The standard InChI is InChI=1S/C19H19FN2O2/c20-18-17(7-4-8-21-18)24-16-9-14-11-22(12-15(14)10-16)19(23)13-5-2-1-3-6-13/h1-8,14-16H,9-12H2/t14-,15+,16+. The fourth-order valence-electron chi connectivity index (χ4n) is 3.91. The van der Waals surface area contributed by atoms with Crippen molar-refractivity contribution in [1.29, 1.82) is 0 Å². The molecule has 1 aromatic heterocycles. The average molecular weight is 326 g/mol. The lowest BCUT2D eigenvalue weighted by atomic mass is 10.0. The molecule has 0 unspecified atom stereocenters. The first-order valence-corrected chi connectivity index (χ1v) is 8.32. The SMILES string of the molecule is O=C(c1ccccc1)N1C[C@H]2C[C@H](Oc3cccnc3F)C[C@H]2C1. The van der Waals surface area contributed by atoms with Crippen molar-refractivity contribution >= 4 is 5.91 Å². The summed E-state index contributed by atoms with van der Waals surface area (Å²) in [5.41, 5.74) is 0.739. The van der Waals surface area contributed by atoms with E-state index in [9.17, 15) is 9.18 Å². The van der Waals surface area contributed by atoms with E-state index in [0.717, 1.165) is 31.5 Å². The Hall–Kier alpha value is -2.43. The number of halogens is 1. The maximum absolute atomic E-state index is 13.6. The first-order valence-electron chi connectivity index (χ1n) is 8.32. The number of aromatic nitrogens is 1. The molecule has 2 aromatic rings. The van der Waals surface area contributed by atoms with Crippen LogP contribution in [0.2, 0.25) is 0 Å². The molecule has 0 N–H and O–H groups in total. The van der Waals surface area contributed by atoms with Crippen LogP contribution >= 0.6 is 0 Å². The van der Waals surface area contributed by atoms with E-state index in [1.807, 2.05) is 35.2 Å². The van der Waals surface area contributed by atoms with Crippen molar-refractivity contribution in [3.63, 3.8) is 0 Å². The molecule has 24 heavy (non-hydrogen) atoms. The minimum atomic E-state index is -0.560. The molecule has 1 aliphatic carbocycles. The second-order valence-electron chi connectivity index (χ2n) is 6.60. The quantitative estimate of drug-likeness (QED) is 0.814. The van der Waals surface area contributed by atoms with Crippen LogP contribution in [0.3, 0.4) is 0 Å². The molecule has 1 aromatic carbocycles. The summed E-state index contributed by atoms with van der Waals surface area (Å²) in [6, 6.07) is 12.7. The number of carbonyl (C=O) groups is 1. The van der Waals surface area contributed by atoms with Crippen molar-refractivity contribution in [3.05, 3.63) is 60.2 Å². The van der Waals surface area contributed by atoms with Gasteiger partial charge in [-0.05, 0) is 48.9 Å². The van der Waals surface area contributed by atoms with Crippen LogP contribution in [0, 0.1) is 17.8 Å². The van der Waals surface area contributed by atoms with Crippen LogP contribution in [0.25, 0.3) is 0 Å². The van der Waals surface area contributed by atoms with Crippen molar-refractivity contribution in [2.45, 2.75) is 18.9 Å². The highest BCUT2D eigenvalue weighted by atomic mass is 19.1. The first-order chi connectivity index (χ1) is 11.7. The third-order valence-electron chi connectivity index (χ3n) is 5.03. The van der Waals surface area contributed by atoms with Gasteiger partial charge in [-0.15, -0.1) is 0 Å². The Kier molecular flexibility index (Phi) is 3.92. The van der Waals surface area contributed by atoms with Crippen molar-refractivity contribution in [2.75, 3.05) is 13.1 Å². The minimum absolute atomic E-state index is 0.00711. The Morgan fingerprint density at radius 1 is 1.08 bits per heavy atom. The van der Waals surface area contributed by atoms with E-state index in [-0.39, 0.29) is 17.8 Å². The topological polar surface area (TPSA) is 42.4 Å². The lowest BCUT2D eigenvalue weighted by molar-refractivity contribution is 0.0769. The van der Waals surface area contributed by atoms with Gasteiger partial charge in [0.1, 0.15) is 0 Å². The molecule has 5 heteroatoms. The number of hydrogen-bond donors (Lipinski definition) is 0. The maximum atomic E-state index is 13.6. The van der Waals surface area contributed by atoms with Crippen molar-refractivity contribution in [3.8, 4) is 5.75 Å². The van der Waals surface area contributed by atoms with E-state index in [0.29, 0.717) is 11.8 Å². The predicted molar refractivity (Wildman–Crippen MR) is 87.2 cm³/mol. The molecule has 4 rings (SSSR count). The third-order valence-corrected chi connectivity index (χ3v) is 5.03. The lowest BCUT2D eigenvalue weighted by Gasteiger charge is -2.20. The summed E-state index contributed by atoms with van der Waals surface area (Å²) in [4.78, 5) is 18.1. The van der Waals surface area contributed by atoms with Gasteiger partial charge in [-0.3, -0.25) is 4.79 Å². The molecule has 3 atom stereocenters. The number of fused-ring (bicyclic) bond motifs is 1. The summed E-state index contributed by atoms with van der Waals surface area (Å²) in [6.45, 7) is 1.52. The Balaban J connectivity index is 1.37. The Labute approximate surface area is 140 Å². The zero-order valence-corrected chi connectivity index (χ0v) is 13.3. The van der Waals surface area contributed by atoms with Crippen LogP contribution in [0.4, 0.5) is 4.39 Å². The summed E-state index contributed by atoms with van der Waals surface area (Å²) >= 11 is 0. The van der Waals surface area contributed by atoms with E-state index in [1.165, 1.54) is 6.20 Å². The van der Waals surface area contributed by atoms with E-state index in [2.05, 4.69) is 4.98 Å². The number of carbonyl (C=O) groups excluding carboxylic acids is 1. The van der Waals surface area contributed by atoms with E-state index in [4.69, 9.17) is 4.74 Å². The summed E-state index contributed by atoms with van der Waals surface area (Å²) in [7, 11) is 0. The molecule has 1 amide bonds. The first kappa shape index (κ1) is 15.1. The predicted octanol–water partition coefficient (Wildman–Crippen LogP) is 3.15. The number of nitrogens with zero attached hydrogens (tertiary/aromatic N) is 2. The molecule has 2 fully saturated rings. The summed E-state index contributed by atoms with van der Waals surface area (Å²) < 4.78 is 19.4. The Morgan fingerprint density at radius 2 is 1.79 bits per heavy atom. The minimum Gasteiger partial charge on any atom is -0.486 e. The largest absolute Gasteiger partial charge is 0.486 e. The van der Waals surface area contributed by atoms with Crippen LogP contribution in [-0.4, -0.2) is 35.0 Å². The van der Waals surface area contributed by atoms with Crippen LogP contribution in [-0.2, 0) is 0 Å². The molecular formula is C19H19FN2O2. The number of benzene rings is 1. The van der Waals surface area contributed by atoms with Gasteiger partial charge in [0.25, 0.3) is 11.9 Å². The number of rotatable bonds is 3. The van der Waals surface area contributed by atoms with Gasteiger partial charge in [-0.1, -0.05) is 18.2 Å². The Bertz CT molecular complexity index is 723. The van der Waals surface area contributed by atoms with Crippen LogP contribution in [0.15, 0.2) is 48.7 Å². The van der Waals surface area contributed by atoms with E-state index >= 15 is 0 Å². The lowest BCUT2D eigenvalue weighted by Crippen LogP contribution is -2.30. The molecule has 1 aliphatic heterocycles. The molecule has 1 saturated carbocycles.